The van der Waals surface area contributed by atoms with Gasteiger partial charge in [-0.1, -0.05) is 29.5 Å². The first-order valence-electron chi connectivity index (χ1n) is 11.8. The first kappa shape index (κ1) is 27.4. The molecule has 11 heteroatoms. The van der Waals surface area contributed by atoms with Gasteiger partial charge >= 0.3 is 0 Å². The van der Waals surface area contributed by atoms with E-state index in [4.69, 9.17) is 14.5 Å². The number of amides is 1. The number of rotatable bonds is 10. The fourth-order valence-corrected chi connectivity index (χ4v) is 6.00. The van der Waals surface area contributed by atoms with Crippen molar-refractivity contribution in [3.63, 3.8) is 0 Å². The van der Waals surface area contributed by atoms with E-state index < -0.39 is 10.0 Å². The zero-order valence-electron chi connectivity index (χ0n) is 21.9. The molecule has 3 aromatic carbocycles. The number of para-hydroxylation sites is 1. The summed E-state index contributed by atoms with van der Waals surface area (Å²) in [7, 11) is 4.70. The fraction of sp³-hybridized carbons (Fsp3) is 0.259. The quantitative estimate of drug-likeness (QED) is 0.288. The topological polar surface area (TPSA) is 92.3 Å². The molecule has 1 aromatic heterocycles. The van der Waals surface area contributed by atoms with Crippen LogP contribution in [0.1, 0.15) is 10.4 Å². The third kappa shape index (κ3) is 5.59. The van der Waals surface area contributed by atoms with Crippen LogP contribution in [0.2, 0.25) is 0 Å². The number of fused-ring (bicyclic) bond motifs is 1. The molecule has 0 saturated carbocycles. The number of hydrogen-bond acceptors (Lipinski definition) is 8. The second-order valence-electron chi connectivity index (χ2n) is 8.76. The Balaban J connectivity index is 1.65. The Morgan fingerprint density at radius 1 is 0.895 bits per heavy atom. The summed E-state index contributed by atoms with van der Waals surface area (Å²) in [6.07, 6.45) is 0. The lowest BCUT2D eigenvalue weighted by Gasteiger charge is -2.22. The van der Waals surface area contributed by atoms with Gasteiger partial charge in [0.2, 0.25) is 0 Å². The number of carbonyl (C=O) groups is 1. The molecule has 0 saturated heterocycles. The average molecular weight is 555 g/mol. The fourth-order valence-electron chi connectivity index (χ4n) is 3.80. The van der Waals surface area contributed by atoms with Gasteiger partial charge in [0, 0.05) is 37.8 Å². The lowest BCUT2D eigenvalue weighted by Crippen LogP contribution is -2.36. The third-order valence-corrected chi connectivity index (χ3v) is 8.85. The molecular weight excluding hydrogens is 524 g/mol. The average Bonchev–Trinajstić information content (AvgIpc) is 3.34. The van der Waals surface area contributed by atoms with Crippen LogP contribution in [0.15, 0.2) is 71.6 Å². The summed E-state index contributed by atoms with van der Waals surface area (Å²) in [6, 6.07) is 18.4. The van der Waals surface area contributed by atoms with E-state index in [2.05, 4.69) is 0 Å². The van der Waals surface area contributed by atoms with Crippen LogP contribution < -0.4 is 18.7 Å². The van der Waals surface area contributed by atoms with E-state index in [9.17, 15) is 13.2 Å². The van der Waals surface area contributed by atoms with Crippen molar-refractivity contribution in [2.75, 3.05) is 57.7 Å². The maximum atomic E-state index is 13.7. The zero-order valence-corrected chi connectivity index (χ0v) is 23.5. The highest BCUT2D eigenvalue weighted by molar-refractivity contribution is 7.92. The van der Waals surface area contributed by atoms with Crippen LogP contribution in [-0.4, -0.2) is 72.7 Å². The number of methoxy groups -OCH3 is 2. The lowest BCUT2D eigenvalue weighted by molar-refractivity contribution is 0.0985. The van der Waals surface area contributed by atoms with Crippen LogP contribution in [0, 0.1) is 0 Å². The summed E-state index contributed by atoms with van der Waals surface area (Å²) in [5.74, 6) is 0.865. The number of nitrogens with zero attached hydrogens (tertiary/aromatic N) is 4. The number of hydrogen-bond donors (Lipinski definition) is 0. The van der Waals surface area contributed by atoms with Crippen LogP contribution in [0.4, 0.5) is 10.8 Å². The monoisotopic (exact) mass is 554 g/mol. The zero-order chi connectivity index (χ0) is 27.4. The predicted molar refractivity (Wildman–Crippen MR) is 151 cm³/mol. The van der Waals surface area contributed by atoms with Crippen molar-refractivity contribution in [1.29, 1.82) is 0 Å². The SMILES string of the molecule is COc1cc2nc(N(CCN(C)C)C(=O)c3ccc(S(=O)(=O)N(C)c4ccccc4)cc3)sc2cc1OC. The summed E-state index contributed by atoms with van der Waals surface area (Å²) in [4.78, 5) is 22.1. The van der Waals surface area contributed by atoms with E-state index in [0.717, 1.165) is 4.70 Å². The number of anilines is 2. The Hall–Kier alpha value is -3.67. The molecule has 0 N–H and O–H groups in total. The van der Waals surface area contributed by atoms with Crippen molar-refractivity contribution in [2.24, 2.45) is 0 Å². The number of carbonyl (C=O) groups excluding carboxylic acids is 1. The molecule has 4 rings (SSSR count). The molecule has 38 heavy (non-hydrogen) atoms. The van der Waals surface area contributed by atoms with Gasteiger partial charge in [0.15, 0.2) is 16.6 Å². The van der Waals surface area contributed by atoms with Crippen LogP contribution in [-0.2, 0) is 10.0 Å². The number of likely N-dealkylation sites (N-methyl/N-ethyl adjacent to an activating group) is 1. The van der Waals surface area contributed by atoms with Gasteiger partial charge in [-0.25, -0.2) is 13.4 Å². The largest absolute Gasteiger partial charge is 0.493 e. The second kappa shape index (κ2) is 11.4. The molecule has 0 bridgehead atoms. The summed E-state index contributed by atoms with van der Waals surface area (Å²) in [5.41, 5.74) is 1.60. The van der Waals surface area contributed by atoms with E-state index in [1.165, 1.54) is 47.0 Å². The van der Waals surface area contributed by atoms with Crippen molar-refractivity contribution >= 4 is 48.3 Å². The molecular formula is C27H30N4O5S2. The highest BCUT2D eigenvalue weighted by atomic mass is 32.2. The Bertz CT molecular complexity index is 1480. The molecule has 4 aromatic rings. The summed E-state index contributed by atoms with van der Waals surface area (Å²) in [6.45, 7) is 1.01. The van der Waals surface area contributed by atoms with Crippen LogP contribution >= 0.6 is 11.3 Å². The van der Waals surface area contributed by atoms with Gasteiger partial charge in [0.1, 0.15) is 0 Å². The Kier molecular flexibility index (Phi) is 8.20. The van der Waals surface area contributed by atoms with Crippen LogP contribution in [0.3, 0.4) is 0 Å². The molecule has 0 unspecified atom stereocenters. The van der Waals surface area contributed by atoms with E-state index in [1.807, 2.05) is 31.1 Å². The molecule has 0 aliphatic rings. The predicted octanol–water partition coefficient (Wildman–Crippen LogP) is 4.35. The van der Waals surface area contributed by atoms with Gasteiger partial charge in [0.25, 0.3) is 15.9 Å². The molecule has 1 amide bonds. The van der Waals surface area contributed by atoms with Crippen LogP contribution in [0.25, 0.3) is 10.2 Å². The molecule has 9 nitrogen and oxygen atoms in total. The van der Waals surface area contributed by atoms with Crippen molar-refractivity contribution in [3.8, 4) is 11.5 Å². The Morgan fingerprint density at radius 3 is 2.13 bits per heavy atom. The normalized spacial score (nSPS) is 11.5. The molecule has 0 spiro atoms. The van der Waals surface area contributed by atoms with Gasteiger partial charge in [0.05, 0.1) is 35.0 Å². The van der Waals surface area contributed by atoms with Crippen molar-refractivity contribution in [1.82, 2.24) is 9.88 Å². The number of ether oxygens (including phenoxy) is 2. The van der Waals surface area contributed by atoms with Crippen LogP contribution in [0.5, 0.6) is 11.5 Å². The summed E-state index contributed by atoms with van der Waals surface area (Å²) in [5, 5.41) is 0.530. The standard InChI is InChI=1S/C27H30N4O5S2/c1-29(2)15-16-31(27-28-22-17-23(35-4)24(36-5)18-25(22)37-27)26(32)19-11-13-21(14-12-19)38(33,34)30(3)20-9-7-6-8-10-20/h6-14,17-18H,15-16H2,1-5H3. The number of thiazole rings is 1. The summed E-state index contributed by atoms with van der Waals surface area (Å²) >= 11 is 1.38. The highest BCUT2D eigenvalue weighted by Gasteiger charge is 2.25. The molecule has 0 fully saturated rings. The van der Waals surface area contributed by atoms with Gasteiger partial charge in [-0.2, -0.15) is 0 Å². The molecule has 1 heterocycles. The Labute approximate surface area is 226 Å². The molecule has 0 radical (unpaired) electrons. The Morgan fingerprint density at radius 2 is 1.53 bits per heavy atom. The highest BCUT2D eigenvalue weighted by Crippen LogP contribution is 2.37. The number of aromatic nitrogens is 1. The molecule has 0 atom stereocenters. The maximum absolute atomic E-state index is 13.7. The van der Waals surface area contributed by atoms with E-state index >= 15 is 0 Å². The van der Waals surface area contributed by atoms with E-state index in [-0.39, 0.29) is 10.8 Å². The van der Waals surface area contributed by atoms with Crippen molar-refractivity contribution < 1.29 is 22.7 Å². The van der Waals surface area contributed by atoms with Gasteiger partial charge in [-0.3, -0.25) is 14.0 Å². The third-order valence-electron chi connectivity index (χ3n) is 6.01. The van der Waals surface area contributed by atoms with Gasteiger partial charge in [-0.15, -0.1) is 0 Å². The smallest absolute Gasteiger partial charge is 0.264 e. The first-order chi connectivity index (χ1) is 18.1. The number of sulfonamides is 1. The maximum Gasteiger partial charge on any atom is 0.264 e. The van der Waals surface area contributed by atoms with E-state index in [1.54, 1.807) is 49.5 Å². The molecule has 0 aliphatic carbocycles. The molecule has 200 valence electrons. The van der Waals surface area contributed by atoms with Crippen molar-refractivity contribution in [2.45, 2.75) is 4.90 Å². The number of benzene rings is 3. The molecule has 0 aliphatic heterocycles. The van der Waals surface area contributed by atoms with Gasteiger partial charge in [-0.05, 0) is 50.5 Å². The first-order valence-corrected chi connectivity index (χ1v) is 14.0. The minimum atomic E-state index is -3.79. The minimum absolute atomic E-state index is 0.0967. The van der Waals surface area contributed by atoms with Crippen molar-refractivity contribution in [3.05, 3.63) is 72.3 Å². The summed E-state index contributed by atoms with van der Waals surface area (Å²) < 4.78 is 39.2. The minimum Gasteiger partial charge on any atom is -0.493 e. The van der Waals surface area contributed by atoms with Gasteiger partial charge < -0.3 is 14.4 Å². The lowest BCUT2D eigenvalue weighted by atomic mass is 10.2. The second-order valence-corrected chi connectivity index (χ2v) is 11.7. The van der Waals surface area contributed by atoms with E-state index in [0.29, 0.717) is 46.5 Å².